The van der Waals surface area contributed by atoms with E-state index in [1.165, 1.54) is 0 Å². The van der Waals surface area contributed by atoms with Gasteiger partial charge in [0.05, 0.1) is 4.75 Å². The Morgan fingerprint density at radius 2 is 1.88 bits per heavy atom. The number of sulfonamides is 1. The molecule has 2 aliphatic heterocycles. The minimum Gasteiger partial charge on any atom is -0.360 e. The lowest BCUT2D eigenvalue weighted by atomic mass is 9.78. The molecule has 1 aromatic heterocycles. The summed E-state index contributed by atoms with van der Waals surface area (Å²) in [4.78, 5) is 15.2. The Kier molecular flexibility index (Phi) is 4.10. The molecule has 2 bridgehead atoms. The number of fused-ring (bicyclic) bond motifs is 3. The van der Waals surface area contributed by atoms with Crippen LogP contribution in [0, 0.1) is 17.8 Å². The molecule has 4 unspecified atom stereocenters. The summed E-state index contributed by atoms with van der Waals surface area (Å²) in [5.41, 5.74) is 0.351. The number of aromatic nitrogens is 1. The summed E-state index contributed by atoms with van der Waals surface area (Å²) in [6, 6.07) is 2.57. The highest BCUT2D eigenvalue weighted by Crippen LogP contribution is 2.77. The summed E-state index contributed by atoms with van der Waals surface area (Å²) in [7, 11) is -3.30. The van der Waals surface area contributed by atoms with Gasteiger partial charge in [-0.25, -0.2) is 8.42 Å². The van der Waals surface area contributed by atoms with Gasteiger partial charge in [0.1, 0.15) is 5.76 Å². The minimum absolute atomic E-state index is 0.0301. The summed E-state index contributed by atoms with van der Waals surface area (Å²) in [6.07, 6.45) is 6.96. The van der Waals surface area contributed by atoms with Crippen LogP contribution in [0.1, 0.15) is 74.0 Å². The Morgan fingerprint density at radius 1 is 1.16 bits per heavy atom. The van der Waals surface area contributed by atoms with Gasteiger partial charge in [-0.1, -0.05) is 12.1 Å². The molecule has 32 heavy (non-hydrogen) atoms. The molecule has 4 aliphatic carbocycles. The van der Waals surface area contributed by atoms with Gasteiger partial charge < -0.3 is 9.84 Å². The van der Waals surface area contributed by atoms with Crippen LogP contribution in [0.15, 0.2) is 10.6 Å². The first-order chi connectivity index (χ1) is 15.4. The third kappa shape index (κ3) is 2.53. The molecule has 174 valence electrons. The van der Waals surface area contributed by atoms with Gasteiger partial charge in [0, 0.05) is 43.2 Å². The lowest BCUT2D eigenvalue weighted by Gasteiger charge is -2.46. The Balaban J connectivity index is 1.04. The molecule has 8 nitrogen and oxygen atoms in total. The number of nitrogens with one attached hydrogen (secondary N) is 1. The molecule has 0 radical (unpaired) electrons. The predicted octanol–water partition coefficient (Wildman–Crippen LogP) is 1.95. The van der Waals surface area contributed by atoms with E-state index >= 15 is 0 Å². The van der Waals surface area contributed by atoms with E-state index in [9.17, 15) is 13.2 Å². The molecule has 1 aromatic rings. The zero-order valence-corrected chi connectivity index (χ0v) is 19.4. The molecule has 0 spiro atoms. The molecule has 7 atom stereocenters. The second-order valence-corrected chi connectivity index (χ2v) is 13.2. The van der Waals surface area contributed by atoms with E-state index in [1.807, 2.05) is 4.31 Å². The molecule has 0 aromatic carbocycles. The van der Waals surface area contributed by atoms with Gasteiger partial charge >= 0.3 is 0 Å². The fourth-order valence-corrected chi connectivity index (χ4v) is 11.0. The zero-order chi connectivity index (χ0) is 21.8. The monoisotopic (exact) mass is 460 g/mol. The van der Waals surface area contributed by atoms with Crippen LogP contribution in [0.2, 0.25) is 0 Å². The van der Waals surface area contributed by atoms with Crippen LogP contribution in [0.4, 0.5) is 0 Å². The molecule has 2 saturated heterocycles. The van der Waals surface area contributed by atoms with Crippen LogP contribution in [-0.2, 0) is 10.0 Å². The predicted molar refractivity (Wildman–Crippen MR) is 116 cm³/mol. The van der Waals surface area contributed by atoms with Crippen LogP contribution >= 0.6 is 0 Å². The average molecular weight is 461 g/mol. The maximum absolute atomic E-state index is 13.9. The lowest BCUT2D eigenvalue weighted by molar-refractivity contribution is 0.0904. The van der Waals surface area contributed by atoms with E-state index in [0.717, 1.165) is 57.3 Å². The number of carbonyl (C=O) groups excluding carboxylic acids is 1. The van der Waals surface area contributed by atoms with Crippen LogP contribution in [-0.4, -0.2) is 71.2 Å². The van der Waals surface area contributed by atoms with Crippen molar-refractivity contribution in [2.75, 3.05) is 19.6 Å². The lowest BCUT2D eigenvalue weighted by Crippen LogP contribution is -2.60. The van der Waals surface area contributed by atoms with Crippen molar-refractivity contribution in [1.82, 2.24) is 19.7 Å². The average Bonchev–Trinajstić information content (AvgIpc) is 3.62. The maximum Gasteiger partial charge on any atom is 0.273 e. The van der Waals surface area contributed by atoms with E-state index in [4.69, 9.17) is 4.52 Å². The molecular formula is C23H32N4O4S. The summed E-state index contributed by atoms with van der Waals surface area (Å²) >= 11 is 0. The van der Waals surface area contributed by atoms with Gasteiger partial charge in [-0.05, 0) is 69.2 Å². The van der Waals surface area contributed by atoms with E-state index in [0.29, 0.717) is 36.8 Å². The second-order valence-electron chi connectivity index (χ2n) is 11.1. The van der Waals surface area contributed by atoms with Crippen LogP contribution in [0.3, 0.4) is 0 Å². The van der Waals surface area contributed by atoms with Crippen LogP contribution in [0.25, 0.3) is 0 Å². The summed E-state index contributed by atoms with van der Waals surface area (Å²) < 4.78 is 34.4. The first-order valence-electron chi connectivity index (χ1n) is 12.5. The third-order valence-electron chi connectivity index (χ3n) is 9.65. The maximum atomic E-state index is 13.9. The van der Waals surface area contributed by atoms with E-state index in [-0.39, 0.29) is 29.7 Å². The normalized spacial score (nSPS) is 42.9. The highest BCUT2D eigenvalue weighted by atomic mass is 32.2. The molecule has 9 heteroatoms. The molecular weight excluding hydrogens is 428 g/mol. The smallest absolute Gasteiger partial charge is 0.273 e. The van der Waals surface area contributed by atoms with Crippen molar-refractivity contribution in [3.05, 3.63) is 17.5 Å². The number of likely N-dealkylation sites (N-methyl/N-ethyl adjacent to an activating group) is 1. The Morgan fingerprint density at radius 3 is 2.53 bits per heavy atom. The van der Waals surface area contributed by atoms with E-state index < -0.39 is 14.8 Å². The first-order valence-corrected chi connectivity index (χ1v) is 13.9. The molecule has 3 heterocycles. The Bertz CT molecular complexity index is 1040. The first kappa shape index (κ1) is 20.0. The summed E-state index contributed by atoms with van der Waals surface area (Å²) in [6.45, 7) is 4.52. The number of hydrogen-bond donors (Lipinski definition) is 1. The largest absolute Gasteiger partial charge is 0.360 e. The SMILES string of the molecule is CCN1C2CCC1CN(S(=O)(=O)C13C4C[C@H]1C[C@@H](NC(=O)c1cc(C5CC5)on1)C[C@@H]43)C2. The summed E-state index contributed by atoms with van der Waals surface area (Å²) in [5, 5.41) is 7.09. The number of piperazine rings is 1. The third-order valence-corrected chi connectivity index (χ3v) is 12.5. The van der Waals surface area contributed by atoms with Gasteiger partial charge in [-0.2, -0.15) is 4.31 Å². The molecule has 1 N–H and O–H groups in total. The van der Waals surface area contributed by atoms with Gasteiger partial charge in [-0.15, -0.1) is 0 Å². The fraction of sp³-hybridized carbons (Fsp3) is 0.826. The zero-order valence-electron chi connectivity index (χ0n) is 18.6. The minimum atomic E-state index is -3.30. The number of hydrogen-bond acceptors (Lipinski definition) is 6. The molecule has 4 saturated carbocycles. The fourth-order valence-electron chi connectivity index (χ4n) is 8.01. The van der Waals surface area contributed by atoms with Crippen molar-refractivity contribution >= 4 is 15.9 Å². The van der Waals surface area contributed by atoms with Crippen molar-refractivity contribution in [2.45, 2.75) is 80.7 Å². The summed E-state index contributed by atoms with van der Waals surface area (Å²) in [5.74, 6) is 1.70. The van der Waals surface area contributed by atoms with Gasteiger partial charge in [0.25, 0.3) is 5.91 Å². The van der Waals surface area contributed by atoms with E-state index in [2.05, 4.69) is 22.3 Å². The van der Waals surface area contributed by atoms with Gasteiger partial charge in [-0.3, -0.25) is 9.69 Å². The van der Waals surface area contributed by atoms with Crippen molar-refractivity contribution in [3.8, 4) is 0 Å². The number of carbonyl (C=O) groups is 1. The van der Waals surface area contributed by atoms with E-state index in [1.54, 1.807) is 6.07 Å². The molecule has 7 rings (SSSR count). The Labute approximate surface area is 189 Å². The quantitative estimate of drug-likeness (QED) is 0.697. The van der Waals surface area contributed by atoms with Crippen molar-refractivity contribution < 1.29 is 17.7 Å². The van der Waals surface area contributed by atoms with Crippen molar-refractivity contribution in [1.29, 1.82) is 0 Å². The molecule has 6 fully saturated rings. The number of nitrogens with zero attached hydrogens (tertiary/aromatic N) is 3. The van der Waals surface area contributed by atoms with Gasteiger partial charge in [0.2, 0.25) is 10.0 Å². The molecule has 6 aliphatic rings. The van der Waals surface area contributed by atoms with Gasteiger partial charge in [0.15, 0.2) is 5.69 Å². The highest BCUT2D eigenvalue weighted by molar-refractivity contribution is 7.91. The topological polar surface area (TPSA) is 95.8 Å². The number of amides is 1. The Hall–Kier alpha value is -1.45. The van der Waals surface area contributed by atoms with Crippen molar-refractivity contribution in [3.63, 3.8) is 0 Å². The molecule has 1 amide bonds. The second kappa shape index (κ2) is 6.57. The number of rotatable bonds is 6. The van der Waals surface area contributed by atoms with Crippen molar-refractivity contribution in [2.24, 2.45) is 17.8 Å². The van der Waals surface area contributed by atoms with Crippen LogP contribution in [0.5, 0.6) is 0 Å². The van der Waals surface area contributed by atoms with Crippen LogP contribution < -0.4 is 5.32 Å². The highest BCUT2D eigenvalue weighted by Gasteiger charge is 2.84. The standard InChI is InChI=1S/C23H32N4O4S/c1-2-27-16-5-6-17(27)12-26(11-16)32(29,30)23-14-7-15(9-19(23)18(23)8-14)24-22(28)20-10-21(31-25-20)13-3-4-13/h10,13-19H,2-9,11-12H2,1H3,(H,24,28)/t14-,15-,16?,17?,18?,19+,23?/m1/s1.